The fourth-order valence-electron chi connectivity index (χ4n) is 1.80. The van der Waals surface area contributed by atoms with Crippen molar-refractivity contribution in [2.75, 3.05) is 11.9 Å². The second-order valence-electron chi connectivity index (χ2n) is 4.60. The first-order valence-electron chi connectivity index (χ1n) is 6.40. The molecule has 102 valence electrons. The summed E-state index contributed by atoms with van der Waals surface area (Å²) in [5.74, 6) is -0.214. The highest BCUT2D eigenvalue weighted by molar-refractivity contribution is 5.80. The van der Waals surface area contributed by atoms with Crippen LogP contribution in [-0.2, 0) is 9.53 Å². The zero-order valence-electron chi connectivity index (χ0n) is 11.3. The third kappa shape index (κ3) is 3.05. The smallest absolute Gasteiger partial charge is 0.328 e. The van der Waals surface area contributed by atoms with Crippen LogP contribution in [0.5, 0.6) is 0 Å². The number of ether oxygens (including phenoxy) is 1. The van der Waals surface area contributed by atoms with Crippen molar-refractivity contribution in [3.05, 3.63) is 24.3 Å². The quantitative estimate of drug-likeness (QED) is 0.839. The number of aromatic nitrogens is 1. The number of hydrogen-bond acceptors (Lipinski definition) is 5. The van der Waals surface area contributed by atoms with E-state index in [0.29, 0.717) is 18.2 Å². The van der Waals surface area contributed by atoms with Gasteiger partial charge in [-0.1, -0.05) is 26.0 Å². The molecule has 0 aliphatic heterocycles. The van der Waals surface area contributed by atoms with E-state index in [1.165, 1.54) is 0 Å². The Hall–Kier alpha value is -2.04. The number of fused-ring (bicyclic) bond motifs is 1. The maximum atomic E-state index is 11.9. The molecule has 1 heterocycles. The van der Waals surface area contributed by atoms with Crippen LogP contribution >= 0.6 is 0 Å². The average molecular weight is 262 g/mol. The molecule has 0 fully saturated rings. The molecule has 0 radical (unpaired) electrons. The van der Waals surface area contributed by atoms with Crippen LogP contribution in [0.2, 0.25) is 0 Å². The van der Waals surface area contributed by atoms with Gasteiger partial charge in [0.15, 0.2) is 5.58 Å². The van der Waals surface area contributed by atoms with Gasteiger partial charge in [0.05, 0.1) is 6.61 Å². The van der Waals surface area contributed by atoms with Gasteiger partial charge in [0.1, 0.15) is 11.6 Å². The lowest BCUT2D eigenvalue weighted by molar-refractivity contribution is -0.145. The molecule has 5 heteroatoms. The van der Waals surface area contributed by atoms with Crippen molar-refractivity contribution in [2.45, 2.75) is 26.8 Å². The van der Waals surface area contributed by atoms with E-state index >= 15 is 0 Å². The Labute approximate surface area is 112 Å². The van der Waals surface area contributed by atoms with Crippen molar-refractivity contribution in [3.8, 4) is 0 Å². The van der Waals surface area contributed by atoms with Crippen LogP contribution in [0, 0.1) is 5.92 Å². The lowest BCUT2D eigenvalue weighted by atomic mass is 10.1. The van der Waals surface area contributed by atoms with Crippen LogP contribution in [0.4, 0.5) is 6.01 Å². The fraction of sp³-hybridized carbons (Fsp3) is 0.429. The molecular weight excluding hydrogens is 244 g/mol. The lowest BCUT2D eigenvalue weighted by Crippen LogP contribution is -2.36. The molecular formula is C14H18N2O3. The molecule has 1 atom stereocenters. The molecule has 0 aliphatic rings. The molecule has 1 aromatic carbocycles. The summed E-state index contributed by atoms with van der Waals surface area (Å²) in [7, 11) is 0. The van der Waals surface area contributed by atoms with Crippen molar-refractivity contribution in [3.63, 3.8) is 0 Å². The normalized spacial score (nSPS) is 12.6. The molecule has 2 rings (SSSR count). The molecule has 1 unspecified atom stereocenters. The summed E-state index contributed by atoms with van der Waals surface area (Å²) in [5.41, 5.74) is 1.45. The van der Waals surface area contributed by atoms with Crippen LogP contribution < -0.4 is 5.32 Å². The van der Waals surface area contributed by atoms with E-state index in [1.807, 2.05) is 38.1 Å². The minimum Gasteiger partial charge on any atom is -0.464 e. The maximum absolute atomic E-state index is 11.9. The number of hydrogen-bond donors (Lipinski definition) is 1. The molecule has 0 bridgehead atoms. The van der Waals surface area contributed by atoms with Gasteiger partial charge >= 0.3 is 5.97 Å². The number of carbonyl (C=O) groups is 1. The number of benzene rings is 1. The first kappa shape index (κ1) is 13.4. The first-order valence-corrected chi connectivity index (χ1v) is 6.40. The molecule has 1 aromatic heterocycles. The van der Waals surface area contributed by atoms with Gasteiger partial charge in [0, 0.05) is 0 Å². The van der Waals surface area contributed by atoms with E-state index in [2.05, 4.69) is 10.3 Å². The summed E-state index contributed by atoms with van der Waals surface area (Å²) in [5, 5.41) is 3.00. The number of rotatable bonds is 5. The van der Waals surface area contributed by atoms with Crippen molar-refractivity contribution in [1.29, 1.82) is 0 Å². The van der Waals surface area contributed by atoms with E-state index in [1.54, 1.807) is 6.92 Å². The lowest BCUT2D eigenvalue weighted by Gasteiger charge is -2.19. The zero-order valence-corrected chi connectivity index (χ0v) is 11.3. The van der Waals surface area contributed by atoms with E-state index < -0.39 is 6.04 Å². The standard InChI is InChI=1S/C14H18N2O3/c1-4-18-13(17)12(9(2)3)16-14-15-10-7-5-6-8-11(10)19-14/h5-9,12H,4H2,1-3H3,(H,15,16). The van der Waals surface area contributed by atoms with Crippen molar-refractivity contribution in [1.82, 2.24) is 4.98 Å². The van der Waals surface area contributed by atoms with Gasteiger partial charge in [-0.15, -0.1) is 0 Å². The van der Waals surface area contributed by atoms with Crippen LogP contribution in [0.3, 0.4) is 0 Å². The number of esters is 1. The molecule has 19 heavy (non-hydrogen) atoms. The fourth-order valence-corrected chi connectivity index (χ4v) is 1.80. The number of anilines is 1. The summed E-state index contributed by atoms with van der Waals surface area (Å²) < 4.78 is 10.6. The van der Waals surface area contributed by atoms with Gasteiger partial charge in [-0.25, -0.2) is 4.79 Å². The highest BCUT2D eigenvalue weighted by atomic mass is 16.5. The summed E-state index contributed by atoms with van der Waals surface area (Å²) in [6, 6.07) is 7.34. The Morgan fingerprint density at radius 1 is 1.42 bits per heavy atom. The zero-order chi connectivity index (χ0) is 13.8. The SMILES string of the molecule is CCOC(=O)C(Nc1nc2ccccc2o1)C(C)C. The largest absolute Gasteiger partial charge is 0.464 e. The molecule has 0 saturated heterocycles. The summed E-state index contributed by atoms with van der Waals surface area (Å²) in [6.45, 7) is 6.03. The minimum atomic E-state index is -0.465. The van der Waals surface area contributed by atoms with E-state index in [-0.39, 0.29) is 11.9 Å². The Kier molecular flexibility index (Phi) is 4.04. The van der Waals surface area contributed by atoms with Crippen LogP contribution in [0.1, 0.15) is 20.8 Å². The average Bonchev–Trinajstić information content (AvgIpc) is 2.78. The topological polar surface area (TPSA) is 64.4 Å². The predicted octanol–water partition coefficient (Wildman–Crippen LogP) is 2.83. The monoisotopic (exact) mass is 262 g/mol. The molecule has 5 nitrogen and oxygen atoms in total. The Balaban J connectivity index is 2.18. The number of nitrogens with one attached hydrogen (secondary N) is 1. The van der Waals surface area contributed by atoms with Crippen molar-refractivity contribution >= 4 is 23.1 Å². The molecule has 0 saturated carbocycles. The van der Waals surface area contributed by atoms with E-state index in [0.717, 1.165) is 5.52 Å². The van der Waals surface area contributed by atoms with E-state index in [9.17, 15) is 4.79 Å². The second-order valence-corrected chi connectivity index (χ2v) is 4.60. The predicted molar refractivity (Wildman–Crippen MR) is 72.9 cm³/mol. The highest BCUT2D eigenvalue weighted by Crippen LogP contribution is 2.20. The minimum absolute atomic E-state index is 0.0778. The Morgan fingerprint density at radius 2 is 2.16 bits per heavy atom. The van der Waals surface area contributed by atoms with Crippen LogP contribution in [-0.4, -0.2) is 23.6 Å². The molecule has 2 aromatic rings. The maximum Gasteiger partial charge on any atom is 0.328 e. The van der Waals surface area contributed by atoms with Gasteiger partial charge in [-0.3, -0.25) is 0 Å². The molecule has 0 aliphatic carbocycles. The number of para-hydroxylation sites is 2. The van der Waals surface area contributed by atoms with Gasteiger partial charge in [-0.05, 0) is 25.0 Å². The van der Waals surface area contributed by atoms with Crippen molar-refractivity contribution < 1.29 is 13.9 Å². The van der Waals surface area contributed by atoms with Gasteiger partial charge in [0.25, 0.3) is 6.01 Å². The van der Waals surface area contributed by atoms with Crippen molar-refractivity contribution in [2.24, 2.45) is 5.92 Å². The van der Waals surface area contributed by atoms with Gasteiger partial charge < -0.3 is 14.5 Å². The molecule has 0 amide bonds. The number of nitrogens with zero attached hydrogens (tertiary/aromatic N) is 1. The summed E-state index contributed by atoms with van der Waals surface area (Å²) >= 11 is 0. The van der Waals surface area contributed by atoms with E-state index in [4.69, 9.17) is 9.15 Å². The highest BCUT2D eigenvalue weighted by Gasteiger charge is 2.25. The summed E-state index contributed by atoms with van der Waals surface area (Å²) in [6.07, 6.45) is 0. The third-order valence-electron chi connectivity index (χ3n) is 2.78. The summed E-state index contributed by atoms with van der Waals surface area (Å²) in [4.78, 5) is 16.1. The van der Waals surface area contributed by atoms with Gasteiger partial charge in [0.2, 0.25) is 0 Å². The Morgan fingerprint density at radius 3 is 2.79 bits per heavy atom. The van der Waals surface area contributed by atoms with Gasteiger partial charge in [-0.2, -0.15) is 4.98 Å². The molecule has 0 spiro atoms. The first-order chi connectivity index (χ1) is 9.11. The molecule has 1 N–H and O–H groups in total. The third-order valence-corrected chi connectivity index (χ3v) is 2.78. The second kappa shape index (κ2) is 5.73. The Bertz CT molecular complexity index is 530. The van der Waals surface area contributed by atoms with Crippen LogP contribution in [0.15, 0.2) is 28.7 Å². The number of oxazole rings is 1. The number of carbonyl (C=O) groups excluding carboxylic acids is 1. The van der Waals surface area contributed by atoms with Crippen LogP contribution in [0.25, 0.3) is 11.1 Å².